The lowest BCUT2D eigenvalue weighted by atomic mass is 9.63. The van der Waals surface area contributed by atoms with Gasteiger partial charge >= 0.3 is 0 Å². The summed E-state index contributed by atoms with van der Waals surface area (Å²) in [6.07, 6.45) is 11.2. The summed E-state index contributed by atoms with van der Waals surface area (Å²) in [5, 5.41) is -0.0786. The van der Waals surface area contributed by atoms with Crippen LogP contribution < -0.4 is 14.4 Å². The summed E-state index contributed by atoms with van der Waals surface area (Å²) in [6.45, 7) is 14.8. The molecule has 0 aromatic heterocycles. The van der Waals surface area contributed by atoms with Gasteiger partial charge in [-0.15, -0.1) is 0 Å². The maximum atomic E-state index is 13.7. The Morgan fingerprint density at radius 2 is 1.91 bits per heavy atom. The molecule has 2 saturated heterocycles. The number of rotatable bonds is 4. The zero-order valence-electron chi connectivity index (χ0n) is 33.6. The maximum absolute atomic E-state index is 13.7. The summed E-state index contributed by atoms with van der Waals surface area (Å²) in [5.41, 5.74) is 2.70. The fourth-order valence-corrected chi connectivity index (χ4v) is 12.1. The number of nitrogens with zero attached hydrogens (tertiary/aromatic N) is 4. The number of carbonyl (C=O) groups is 2. The topological polar surface area (TPSA) is 112 Å². The van der Waals surface area contributed by atoms with Gasteiger partial charge in [-0.25, -0.2) is 13.1 Å². The van der Waals surface area contributed by atoms with Gasteiger partial charge in [-0.05, 0) is 111 Å². The van der Waals surface area contributed by atoms with E-state index in [9.17, 15) is 18.0 Å². The predicted octanol–water partition coefficient (Wildman–Crippen LogP) is 5.28. The van der Waals surface area contributed by atoms with Crippen LogP contribution in [0.1, 0.15) is 67.4 Å². The number of hydrogen-bond donors (Lipinski definition) is 1. The zero-order valence-corrected chi connectivity index (χ0v) is 35.2. The van der Waals surface area contributed by atoms with E-state index in [1.54, 1.807) is 13.0 Å². The first-order chi connectivity index (χ1) is 27.3. The highest BCUT2D eigenvalue weighted by Crippen LogP contribution is 2.49. The fraction of sp³-hybridized carbons (Fsp3) is 0.591. The van der Waals surface area contributed by atoms with Crippen LogP contribution in [0.15, 0.2) is 61.2 Å². The van der Waals surface area contributed by atoms with Crippen molar-refractivity contribution in [3.8, 4) is 5.75 Å². The summed E-state index contributed by atoms with van der Waals surface area (Å²) >= 11 is 6.52. The Bertz CT molecular complexity index is 2030. The minimum absolute atomic E-state index is 0.0160. The fourth-order valence-electron chi connectivity index (χ4n) is 10.6. The molecule has 2 aromatic rings. The number of allylic oxidation sites excluding steroid dienone is 1. The Morgan fingerprint density at radius 3 is 2.68 bits per heavy atom. The van der Waals surface area contributed by atoms with E-state index in [-0.39, 0.29) is 40.7 Å². The summed E-state index contributed by atoms with van der Waals surface area (Å²) in [4.78, 5) is 35.7. The maximum Gasteiger partial charge on any atom is 0.264 e. The van der Waals surface area contributed by atoms with Crippen LogP contribution in [0.4, 0.5) is 5.69 Å². The highest BCUT2D eigenvalue weighted by Gasteiger charge is 2.50. The second-order valence-corrected chi connectivity index (χ2v) is 20.1. The molecule has 2 bridgehead atoms. The minimum Gasteiger partial charge on any atom is -0.490 e. The normalized spacial score (nSPS) is 33.7. The van der Waals surface area contributed by atoms with Crippen molar-refractivity contribution in [3.05, 3.63) is 82.9 Å². The van der Waals surface area contributed by atoms with Crippen molar-refractivity contribution in [1.82, 2.24) is 19.4 Å². The summed E-state index contributed by atoms with van der Waals surface area (Å²) in [5.74, 6) is 0.261. The van der Waals surface area contributed by atoms with Crippen LogP contribution in [0.3, 0.4) is 0 Å². The number of amides is 2. The van der Waals surface area contributed by atoms with Crippen molar-refractivity contribution in [2.45, 2.75) is 74.7 Å². The quantitative estimate of drug-likeness (QED) is 0.326. The standard InChI is InChI=1S/C44H58ClN5O6S/c1-5-41(51)49-21-20-48-19-18-47(25-36(48)26-49)28-44(55-4)17-6-8-30(2)31(3)57(53,54)46-42(52)33-11-15-40-39(23-33)50(24-34-10-13-38(34)44)27-43(29-56-40)16-7-9-32-22-35(45)12-14-37(32)43/h5-6,11-12,14-15,17,22-23,30-31,34,36,38H,1,7-10,13,16,18-21,24-29H2,2-4H3,(H,46,52)/b17-6+/t30-,31+,34-,36+,38+,43-,44+/m0/s1. The predicted molar refractivity (Wildman–Crippen MR) is 224 cm³/mol. The third-order valence-electron chi connectivity index (χ3n) is 14.3. The molecule has 0 unspecified atom stereocenters. The van der Waals surface area contributed by atoms with E-state index < -0.39 is 26.8 Å². The lowest BCUT2D eigenvalue weighted by Gasteiger charge is -2.53. The average Bonchev–Trinajstić information content (AvgIpc) is 3.34. The molecule has 1 saturated carbocycles. The minimum atomic E-state index is -3.99. The Labute approximate surface area is 343 Å². The first-order valence-corrected chi connectivity index (χ1v) is 22.7. The lowest BCUT2D eigenvalue weighted by molar-refractivity contribution is -0.131. The molecule has 0 radical (unpaired) electrons. The van der Waals surface area contributed by atoms with Crippen LogP contribution in [0.5, 0.6) is 5.75 Å². The molecule has 57 heavy (non-hydrogen) atoms. The van der Waals surface area contributed by atoms with E-state index in [0.29, 0.717) is 38.4 Å². The molecule has 7 atom stereocenters. The Morgan fingerprint density at radius 1 is 1.09 bits per heavy atom. The average molecular weight is 820 g/mol. The molecule has 308 valence electrons. The van der Waals surface area contributed by atoms with Crippen molar-refractivity contribution < 1.29 is 27.5 Å². The first kappa shape index (κ1) is 40.4. The zero-order chi connectivity index (χ0) is 40.1. The van der Waals surface area contributed by atoms with E-state index >= 15 is 0 Å². The van der Waals surface area contributed by atoms with Gasteiger partial charge in [-0.2, -0.15) is 0 Å². The number of piperazine rings is 2. The summed E-state index contributed by atoms with van der Waals surface area (Å²) in [7, 11) is -2.17. The van der Waals surface area contributed by atoms with E-state index in [0.717, 1.165) is 82.1 Å². The second-order valence-electron chi connectivity index (χ2n) is 17.6. The smallest absolute Gasteiger partial charge is 0.264 e. The molecular formula is C44H58ClN5O6S. The Balaban J connectivity index is 1.16. The van der Waals surface area contributed by atoms with Gasteiger partial charge in [0, 0.05) is 88.1 Å². The molecule has 4 aliphatic heterocycles. The Kier molecular flexibility index (Phi) is 11.3. The van der Waals surface area contributed by atoms with Gasteiger partial charge in [0.2, 0.25) is 15.9 Å². The van der Waals surface area contributed by atoms with Gasteiger partial charge in [-0.3, -0.25) is 19.4 Å². The molecule has 4 heterocycles. The van der Waals surface area contributed by atoms with Crippen molar-refractivity contribution in [2.75, 3.05) is 77.5 Å². The number of hydrogen-bond acceptors (Lipinski definition) is 9. The van der Waals surface area contributed by atoms with Crippen molar-refractivity contribution in [3.63, 3.8) is 0 Å². The van der Waals surface area contributed by atoms with Crippen LogP contribution >= 0.6 is 11.6 Å². The highest BCUT2D eigenvalue weighted by molar-refractivity contribution is 7.90. The number of methoxy groups -OCH3 is 1. The molecule has 3 fully saturated rings. The van der Waals surface area contributed by atoms with Gasteiger partial charge in [0.1, 0.15) is 11.4 Å². The van der Waals surface area contributed by atoms with E-state index in [2.05, 4.69) is 50.3 Å². The van der Waals surface area contributed by atoms with Crippen LogP contribution in [-0.2, 0) is 31.4 Å². The summed E-state index contributed by atoms with van der Waals surface area (Å²) < 4.78 is 43.2. The molecular weight excluding hydrogens is 762 g/mol. The highest BCUT2D eigenvalue weighted by atomic mass is 35.5. The molecule has 8 rings (SSSR count). The Hall–Kier alpha value is -3.42. The second kappa shape index (κ2) is 16.0. The molecule has 2 aliphatic carbocycles. The van der Waals surface area contributed by atoms with Crippen molar-refractivity contribution in [1.29, 1.82) is 0 Å². The van der Waals surface area contributed by atoms with E-state index in [4.69, 9.17) is 21.1 Å². The number of benzene rings is 2. The van der Waals surface area contributed by atoms with Crippen LogP contribution in [0, 0.1) is 17.8 Å². The number of ether oxygens (including phenoxy) is 2. The lowest BCUT2D eigenvalue weighted by Crippen LogP contribution is -2.65. The number of halogens is 1. The van der Waals surface area contributed by atoms with Gasteiger partial charge in [0.05, 0.1) is 17.5 Å². The van der Waals surface area contributed by atoms with Crippen molar-refractivity contribution >= 4 is 39.1 Å². The third-order valence-corrected chi connectivity index (χ3v) is 16.5. The van der Waals surface area contributed by atoms with Gasteiger partial charge in [-0.1, -0.05) is 43.3 Å². The number of carbonyl (C=O) groups excluding carboxylic acids is 2. The first-order valence-electron chi connectivity index (χ1n) is 20.8. The van der Waals surface area contributed by atoms with Crippen LogP contribution in [0.25, 0.3) is 0 Å². The van der Waals surface area contributed by atoms with Crippen LogP contribution in [0.2, 0.25) is 5.02 Å². The van der Waals surface area contributed by atoms with E-state index in [1.165, 1.54) is 17.2 Å². The monoisotopic (exact) mass is 819 g/mol. The van der Waals surface area contributed by atoms with Gasteiger partial charge in [0.25, 0.3) is 5.91 Å². The largest absolute Gasteiger partial charge is 0.490 e. The molecule has 2 aromatic carbocycles. The molecule has 1 spiro atoms. The van der Waals surface area contributed by atoms with Gasteiger partial charge in [0.15, 0.2) is 0 Å². The van der Waals surface area contributed by atoms with Crippen molar-refractivity contribution in [2.24, 2.45) is 17.8 Å². The molecule has 6 aliphatic rings. The van der Waals surface area contributed by atoms with Gasteiger partial charge < -0.3 is 19.3 Å². The third kappa shape index (κ3) is 7.77. The molecule has 11 nitrogen and oxygen atoms in total. The number of nitrogens with one attached hydrogen (secondary N) is 1. The molecule has 13 heteroatoms. The SMILES string of the molecule is C=CC(=O)N1CCN2CCN(C[C@]3(OC)/C=C/C[C@H](C)[C@@H](C)S(=O)(=O)NC(=O)c4ccc5c(c4)N(C[C@@H]4CC[C@H]43)C[C@@]3(CCCc4cc(Cl)ccc43)CO5)C[C@@H]2C1. The summed E-state index contributed by atoms with van der Waals surface area (Å²) in [6, 6.07) is 11.8. The molecule has 2 amide bonds. The number of aryl methyl sites for hydroxylation is 1. The number of anilines is 1. The van der Waals surface area contributed by atoms with Crippen LogP contribution in [-0.4, -0.2) is 124 Å². The number of sulfonamides is 1. The number of fused-ring (bicyclic) bond motifs is 5. The molecule has 1 N–H and O–H groups in total. The van der Waals surface area contributed by atoms with E-state index in [1.807, 2.05) is 37.1 Å².